The van der Waals surface area contributed by atoms with Crippen molar-refractivity contribution >= 4 is 22.9 Å². The Morgan fingerprint density at radius 1 is 1.47 bits per heavy atom. The van der Waals surface area contributed by atoms with Gasteiger partial charge in [-0.25, -0.2) is 0 Å². The summed E-state index contributed by atoms with van der Waals surface area (Å²) in [6.07, 6.45) is 2.71. The zero-order valence-corrected chi connectivity index (χ0v) is 12.2. The molecule has 0 aliphatic heterocycles. The SMILES string of the molecule is CCNCC1CCC1N(C)Cc1ccc(Cl)s1. The maximum Gasteiger partial charge on any atom is 0.0931 e. The highest BCUT2D eigenvalue weighted by Gasteiger charge is 2.33. The second-order valence-corrected chi connectivity index (χ2v) is 6.63. The molecule has 4 heteroatoms. The smallest absolute Gasteiger partial charge is 0.0931 e. The third-order valence-electron chi connectivity index (χ3n) is 3.63. The average molecular weight is 273 g/mol. The maximum absolute atomic E-state index is 5.96. The molecule has 1 N–H and O–H groups in total. The van der Waals surface area contributed by atoms with Crippen molar-refractivity contribution in [2.24, 2.45) is 5.92 Å². The van der Waals surface area contributed by atoms with Crippen LogP contribution in [0.1, 0.15) is 24.6 Å². The second kappa shape index (κ2) is 6.19. The van der Waals surface area contributed by atoms with Crippen LogP contribution in [-0.2, 0) is 6.54 Å². The van der Waals surface area contributed by atoms with E-state index >= 15 is 0 Å². The van der Waals surface area contributed by atoms with Crippen molar-refractivity contribution in [3.05, 3.63) is 21.3 Å². The lowest BCUT2D eigenvalue weighted by molar-refractivity contribution is 0.0792. The molecule has 0 radical (unpaired) electrons. The number of thiophene rings is 1. The Hall–Kier alpha value is -0.0900. The van der Waals surface area contributed by atoms with E-state index in [1.165, 1.54) is 17.7 Å². The number of rotatable bonds is 6. The van der Waals surface area contributed by atoms with Crippen LogP contribution < -0.4 is 5.32 Å². The van der Waals surface area contributed by atoms with E-state index in [1.54, 1.807) is 11.3 Å². The van der Waals surface area contributed by atoms with Crippen molar-refractivity contribution in [1.29, 1.82) is 0 Å². The quantitative estimate of drug-likeness (QED) is 0.855. The first-order chi connectivity index (χ1) is 8.20. The zero-order valence-electron chi connectivity index (χ0n) is 10.6. The van der Waals surface area contributed by atoms with Crippen LogP contribution in [-0.4, -0.2) is 31.1 Å². The van der Waals surface area contributed by atoms with Gasteiger partial charge in [-0.05, 0) is 51.0 Å². The van der Waals surface area contributed by atoms with Gasteiger partial charge < -0.3 is 5.32 Å². The molecule has 0 spiro atoms. The van der Waals surface area contributed by atoms with Crippen LogP contribution in [0, 0.1) is 5.92 Å². The Kier molecular flexibility index (Phi) is 4.86. The van der Waals surface area contributed by atoms with Gasteiger partial charge in [0.05, 0.1) is 4.34 Å². The summed E-state index contributed by atoms with van der Waals surface area (Å²) in [4.78, 5) is 3.85. The fraction of sp³-hybridized carbons (Fsp3) is 0.692. The summed E-state index contributed by atoms with van der Waals surface area (Å²) in [5, 5.41) is 3.46. The first-order valence-electron chi connectivity index (χ1n) is 6.36. The van der Waals surface area contributed by atoms with Crippen LogP contribution >= 0.6 is 22.9 Å². The molecule has 2 unspecified atom stereocenters. The third-order valence-corrected chi connectivity index (χ3v) is 4.85. The average Bonchev–Trinajstić information content (AvgIpc) is 2.62. The molecule has 1 aromatic rings. The van der Waals surface area contributed by atoms with E-state index in [1.807, 2.05) is 6.07 Å². The number of hydrogen-bond acceptors (Lipinski definition) is 3. The molecule has 1 aromatic heterocycles. The molecule has 1 aliphatic rings. The normalized spacial score (nSPS) is 24.0. The van der Waals surface area contributed by atoms with Crippen molar-refractivity contribution in [3.8, 4) is 0 Å². The Balaban J connectivity index is 1.81. The minimum absolute atomic E-state index is 0.745. The molecule has 17 heavy (non-hydrogen) atoms. The Bertz CT molecular complexity index is 353. The summed E-state index contributed by atoms with van der Waals surface area (Å²) < 4.78 is 0.895. The second-order valence-electron chi connectivity index (χ2n) is 4.83. The molecular formula is C13H21ClN2S. The summed E-state index contributed by atoms with van der Waals surface area (Å²) in [5.74, 6) is 0.829. The van der Waals surface area contributed by atoms with Crippen molar-refractivity contribution < 1.29 is 0 Å². The van der Waals surface area contributed by atoms with Crippen molar-refractivity contribution in [3.63, 3.8) is 0 Å². The summed E-state index contributed by atoms with van der Waals surface area (Å²) in [6.45, 7) is 5.44. The predicted molar refractivity (Wildman–Crippen MR) is 75.9 cm³/mol. The molecule has 0 aromatic carbocycles. The van der Waals surface area contributed by atoms with Gasteiger partial charge in [0.25, 0.3) is 0 Å². The highest BCUT2D eigenvalue weighted by atomic mass is 35.5. The lowest BCUT2D eigenvalue weighted by atomic mass is 9.78. The Morgan fingerprint density at radius 2 is 2.29 bits per heavy atom. The molecule has 2 nitrogen and oxygen atoms in total. The molecule has 96 valence electrons. The van der Waals surface area contributed by atoms with E-state index in [-0.39, 0.29) is 0 Å². The van der Waals surface area contributed by atoms with Crippen LogP contribution in [0.25, 0.3) is 0 Å². The van der Waals surface area contributed by atoms with Gasteiger partial charge in [0.2, 0.25) is 0 Å². The highest BCUT2D eigenvalue weighted by molar-refractivity contribution is 7.16. The molecular weight excluding hydrogens is 252 g/mol. The van der Waals surface area contributed by atoms with E-state index in [4.69, 9.17) is 11.6 Å². The first kappa shape index (κ1) is 13.3. The summed E-state index contributed by atoms with van der Waals surface area (Å²) in [7, 11) is 2.23. The maximum atomic E-state index is 5.96. The highest BCUT2D eigenvalue weighted by Crippen LogP contribution is 2.32. The number of nitrogens with zero attached hydrogens (tertiary/aromatic N) is 1. The molecule has 2 atom stereocenters. The first-order valence-corrected chi connectivity index (χ1v) is 7.55. The summed E-state index contributed by atoms with van der Waals surface area (Å²) in [5.41, 5.74) is 0. The topological polar surface area (TPSA) is 15.3 Å². The van der Waals surface area contributed by atoms with E-state index in [0.29, 0.717) is 0 Å². The van der Waals surface area contributed by atoms with Gasteiger partial charge in [0, 0.05) is 17.5 Å². The van der Waals surface area contributed by atoms with Crippen LogP contribution in [0.4, 0.5) is 0 Å². The van der Waals surface area contributed by atoms with Gasteiger partial charge in [-0.1, -0.05) is 18.5 Å². The lowest BCUT2D eigenvalue weighted by Crippen LogP contribution is -2.48. The Labute approximate surface area is 113 Å². The van der Waals surface area contributed by atoms with Gasteiger partial charge in [0.1, 0.15) is 0 Å². The molecule has 1 saturated carbocycles. The third kappa shape index (κ3) is 3.44. The minimum atomic E-state index is 0.745. The summed E-state index contributed by atoms with van der Waals surface area (Å²) >= 11 is 7.65. The van der Waals surface area contributed by atoms with E-state index < -0.39 is 0 Å². The monoisotopic (exact) mass is 272 g/mol. The van der Waals surface area contributed by atoms with Crippen molar-refractivity contribution in [2.45, 2.75) is 32.4 Å². The standard InChI is InChI=1S/C13H21ClN2S/c1-3-15-8-10-4-6-12(10)16(2)9-11-5-7-13(14)17-11/h5,7,10,12,15H,3-4,6,8-9H2,1-2H3. The largest absolute Gasteiger partial charge is 0.317 e. The van der Waals surface area contributed by atoms with Crippen LogP contribution in [0.5, 0.6) is 0 Å². The van der Waals surface area contributed by atoms with Crippen LogP contribution in [0.15, 0.2) is 12.1 Å². The van der Waals surface area contributed by atoms with Gasteiger partial charge in [-0.3, -0.25) is 4.90 Å². The fourth-order valence-electron chi connectivity index (χ4n) is 2.50. The van der Waals surface area contributed by atoms with Gasteiger partial charge >= 0.3 is 0 Å². The lowest BCUT2D eigenvalue weighted by Gasteiger charge is -2.42. The number of nitrogens with one attached hydrogen (secondary N) is 1. The van der Waals surface area contributed by atoms with E-state index in [2.05, 4.69) is 30.3 Å². The van der Waals surface area contributed by atoms with Gasteiger partial charge in [-0.15, -0.1) is 11.3 Å². The van der Waals surface area contributed by atoms with E-state index in [0.717, 1.165) is 35.9 Å². The molecule has 1 aliphatic carbocycles. The van der Waals surface area contributed by atoms with Crippen LogP contribution in [0.3, 0.4) is 0 Å². The zero-order chi connectivity index (χ0) is 12.3. The van der Waals surface area contributed by atoms with Crippen molar-refractivity contribution in [2.75, 3.05) is 20.1 Å². The molecule has 1 fully saturated rings. The molecule has 1 heterocycles. The molecule has 2 rings (SSSR count). The summed E-state index contributed by atoms with van der Waals surface area (Å²) in [6, 6.07) is 4.88. The van der Waals surface area contributed by atoms with Gasteiger partial charge in [0.15, 0.2) is 0 Å². The minimum Gasteiger partial charge on any atom is -0.317 e. The molecule has 0 amide bonds. The Morgan fingerprint density at radius 3 is 2.82 bits per heavy atom. The molecule has 0 saturated heterocycles. The molecule has 0 bridgehead atoms. The van der Waals surface area contributed by atoms with Gasteiger partial charge in [-0.2, -0.15) is 0 Å². The fourth-order valence-corrected chi connectivity index (χ4v) is 3.65. The van der Waals surface area contributed by atoms with Crippen LogP contribution in [0.2, 0.25) is 4.34 Å². The number of halogens is 1. The van der Waals surface area contributed by atoms with Crippen molar-refractivity contribution in [1.82, 2.24) is 10.2 Å². The predicted octanol–water partition coefficient (Wildman–Crippen LogP) is 3.22. The number of hydrogen-bond donors (Lipinski definition) is 1. The van der Waals surface area contributed by atoms with E-state index in [9.17, 15) is 0 Å².